The van der Waals surface area contributed by atoms with Gasteiger partial charge in [0, 0.05) is 23.9 Å². The lowest BCUT2D eigenvalue weighted by Gasteiger charge is -2.36. The van der Waals surface area contributed by atoms with Crippen LogP contribution in [0.25, 0.3) is 10.9 Å². The highest BCUT2D eigenvalue weighted by Crippen LogP contribution is 2.39. The standard InChI is InChI=1S/C17H20N4O2/c1-21-12-3-4-13(21)7-10(6-12)8-16(22)17-14-5-2-11(20-23)9-15(14)18-19-17/h2,5,9-10,12-13H,3-4,6-8H2,1H3,(H,18,19). The first kappa shape index (κ1) is 14.5. The van der Waals surface area contributed by atoms with E-state index in [2.05, 4.69) is 27.3 Å². The third-order valence-electron chi connectivity index (χ3n) is 5.59. The quantitative estimate of drug-likeness (QED) is 0.693. The van der Waals surface area contributed by atoms with Crippen LogP contribution in [0.15, 0.2) is 23.4 Å². The van der Waals surface area contributed by atoms with E-state index in [-0.39, 0.29) is 5.78 Å². The molecule has 2 saturated heterocycles. The first-order valence-electron chi connectivity index (χ1n) is 8.22. The Morgan fingerprint density at radius 3 is 2.78 bits per heavy atom. The number of benzene rings is 1. The molecule has 2 atom stereocenters. The normalized spacial score (nSPS) is 27.4. The van der Waals surface area contributed by atoms with Gasteiger partial charge in [-0.2, -0.15) is 5.10 Å². The number of aromatic nitrogens is 2. The van der Waals surface area contributed by atoms with Crippen molar-refractivity contribution in [2.75, 3.05) is 7.05 Å². The minimum Gasteiger partial charge on any atom is -0.300 e. The van der Waals surface area contributed by atoms with Crippen LogP contribution in [0.3, 0.4) is 0 Å². The molecule has 3 heterocycles. The Bertz CT molecular complexity index is 755. The highest BCUT2D eigenvalue weighted by atomic mass is 16.3. The highest BCUT2D eigenvalue weighted by molar-refractivity contribution is 6.06. The number of Topliss-reactive ketones (excluding diaryl/α,β-unsaturated/α-hetero) is 1. The maximum absolute atomic E-state index is 12.7. The van der Waals surface area contributed by atoms with Crippen molar-refractivity contribution < 1.29 is 4.79 Å². The van der Waals surface area contributed by atoms with Gasteiger partial charge >= 0.3 is 0 Å². The predicted octanol–water partition coefficient (Wildman–Crippen LogP) is 3.41. The van der Waals surface area contributed by atoms with Crippen LogP contribution < -0.4 is 0 Å². The molecule has 120 valence electrons. The summed E-state index contributed by atoms with van der Waals surface area (Å²) in [6.07, 6.45) is 5.31. The number of carbonyl (C=O) groups is 1. The van der Waals surface area contributed by atoms with Crippen molar-refractivity contribution in [3.63, 3.8) is 0 Å². The Kier molecular flexibility index (Phi) is 3.49. The van der Waals surface area contributed by atoms with Crippen molar-refractivity contribution in [1.29, 1.82) is 0 Å². The molecular weight excluding hydrogens is 292 g/mol. The summed E-state index contributed by atoms with van der Waals surface area (Å²) < 4.78 is 0. The molecule has 23 heavy (non-hydrogen) atoms. The van der Waals surface area contributed by atoms with Crippen molar-refractivity contribution in [3.05, 3.63) is 28.8 Å². The third kappa shape index (κ3) is 2.47. The molecule has 1 N–H and O–H groups in total. The van der Waals surface area contributed by atoms with Crippen LogP contribution in [0.4, 0.5) is 5.69 Å². The first-order chi connectivity index (χ1) is 11.2. The van der Waals surface area contributed by atoms with Gasteiger partial charge in [-0.1, -0.05) is 0 Å². The highest BCUT2D eigenvalue weighted by Gasteiger charge is 2.39. The molecule has 0 amide bonds. The number of ketones is 1. The van der Waals surface area contributed by atoms with Crippen LogP contribution in [-0.2, 0) is 0 Å². The van der Waals surface area contributed by atoms with Gasteiger partial charge in [0.15, 0.2) is 5.78 Å². The molecule has 0 aliphatic carbocycles. The second kappa shape index (κ2) is 5.53. The first-order valence-corrected chi connectivity index (χ1v) is 8.22. The number of hydrogen-bond donors (Lipinski definition) is 1. The van der Waals surface area contributed by atoms with Gasteiger partial charge in [0.1, 0.15) is 11.4 Å². The topological polar surface area (TPSA) is 78.4 Å². The van der Waals surface area contributed by atoms with E-state index in [4.69, 9.17) is 0 Å². The van der Waals surface area contributed by atoms with Crippen molar-refractivity contribution >= 4 is 22.4 Å². The number of nitrogens with zero attached hydrogens (tertiary/aromatic N) is 3. The molecule has 2 unspecified atom stereocenters. The molecule has 2 aliphatic rings. The summed E-state index contributed by atoms with van der Waals surface area (Å²) in [5, 5.41) is 10.7. The van der Waals surface area contributed by atoms with Gasteiger partial charge in [-0.3, -0.25) is 9.89 Å². The predicted molar refractivity (Wildman–Crippen MR) is 87.8 cm³/mol. The van der Waals surface area contributed by atoms with Crippen LogP contribution in [-0.4, -0.2) is 40.0 Å². The van der Waals surface area contributed by atoms with Gasteiger partial charge in [0.05, 0.1) is 5.52 Å². The summed E-state index contributed by atoms with van der Waals surface area (Å²) in [6, 6.07) is 6.29. The van der Waals surface area contributed by atoms with Crippen LogP contribution in [0, 0.1) is 10.8 Å². The average molecular weight is 312 g/mol. The Hall–Kier alpha value is -2.08. The van der Waals surface area contributed by atoms with E-state index in [1.54, 1.807) is 18.2 Å². The summed E-state index contributed by atoms with van der Waals surface area (Å²) >= 11 is 0. The number of hydrogen-bond acceptors (Lipinski definition) is 5. The number of aromatic amines is 1. The number of fused-ring (bicyclic) bond motifs is 3. The number of piperidine rings is 1. The van der Waals surface area contributed by atoms with Gasteiger partial charge in [-0.05, 0) is 62.0 Å². The van der Waals surface area contributed by atoms with E-state index in [1.165, 1.54) is 12.8 Å². The fourth-order valence-electron chi connectivity index (χ4n) is 4.33. The molecule has 6 heteroatoms. The van der Waals surface area contributed by atoms with Crippen molar-refractivity contribution in [2.24, 2.45) is 11.1 Å². The molecule has 0 radical (unpaired) electrons. The molecule has 6 nitrogen and oxygen atoms in total. The SMILES string of the molecule is CN1C2CCC1CC(CC(=O)c1n[nH]c3cc(N=O)ccc13)C2. The fourth-order valence-corrected chi connectivity index (χ4v) is 4.33. The minimum atomic E-state index is 0.0945. The van der Waals surface area contributed by atoms with Crippen LogP contribution in [0.5, 0.6) is 0 Å². The van der Waals surface area contributed by atoms with Crippen LogP contribution in [0.2, 0.25) is 0 Å². The molecule has 0 spiro atoms. The number of H-pyrrole nitrogens is 1. The van der Waals surface area contributed by atoms with Crippen LogP contribution >= 0.6 is 0 Å². The second-order valence-electron chi connectivity index (χ2n) is 6.91. The van der Waals surface area contributed by atoms with Gasteiger partial charge in [0.2, 0.25) is 0 Å². The molecule has 2 bridgehead atoms. The van der Waals surface area contributed by atoms with E-state index in [9.17, 15) is 9.70 Å². The molecule has 2 aliphatic heterocycles. The minimum absolute atomic E-state index is 0.0945. The van der Waals surface area contributed by atoms with Crippen LogP contribution in [0.1, 0.15) is 42.6 Å². The number of rotatable bonds is 4. The largest absolute Gasteiger partial charge is 0.300 e. The zero-order chi connectivity index (χ0) is 16.0. The Labute approximate surface area is 134 Å². The number of nitrogens with one attached hydrogen (secondary N) is 1. The Balaban J connectivity index is 1.52. The summed E-state index contributed by atoms with van der Waals surface area (Å²) in [7, 11) is 2.21. The molecule has 2 aromatic rings. The zero-order valence-electron chi connectivity index (χ0n) is 13.2. The smallest absolute Gasteiger partial charge is 0.183 e. The lowest BCUT2D eigenvalue weighted by atomic mass is 9.86. The van der Waals surface area contributed by atoms with Gasteiger partial charge < -0.3 is 4.90 Å². The van der Waals surface area contributed by atoms with Crippen molar-refractivity contribution in [3.8, 4) is 0 Å². The van der Waals surface area contributed by atoms with Gasteiger partial charge in [-0.25, -0.2) is 0 Å². The summed E-state index contributed by atoms with van der Waals surface area (Å²) in [5.41, 5.74) is 1.52. The van der Waals surface area contributed by atoms with Gasteiger partial charge in [0.25, 0.3) is 0 Å². The average Bonchev–Trinajstić information content (AvgIpc) is 3.04. The Morgan fingerprint density at radius 2 is 2.09 bits per heavy atom. The summed E-state index contributed by atoms with van der Waals surface area (Å²) in [4.78, 5) is 25.8. The number of carbonyl (C=O) groups excluding carboxylic acids is 1. The summed E-state index contributed by atoms with van der Waals surface area (Å²) in [6.45, 7) is 0. The monoisotopic (exact) mass is 312 g/mol. The second-order valence-corrected chi connectivity index (χ2v) is 6.91. The zero-order valence-corrected chi connectivity index (χ0v) is 13.2. The van der Waals surface area contributed by atoms with Crippen molar-refractivity contribution in [1.82, 2.24) is 15.1 Å². The lowest BCUT2D eigenvalue weighted by Crippen LogP contribution is -2.40. The molecule has 1 aromatic heterocycles. The van der Waals surface area contributed by atoms with Gasteiger partial charge in [-0.15, -0.1) is 4.91 Å². The maximum atomic E-state index is 12.7. The molecule has 2 fully saturated rings. The molecule has 4 rings (SSSR count). The molecular formula is C17H20N4O2. The third-order valence-corrected chi connectivity index (χ3v) is 5.59. The van der Waals surface area contributed by atoms with E-state index in [1.807, 2.05) is 0 Å². The number of nitroso groups, excluding NO2 is 1. The Morgan fingerprint density at radius 1 is 1.35 bits per heavy atom. The molecule has 1 aromatic carbocycles. The van der Waals surface area contributed by atoms with Crippen molar-refractivity contribution in [2.45, 2.75) is 44.2 Å². The summed E-state index contributed by atoms with van der Waals surface area (Å²) in [5.74, 6) is 0.552. The molecule has 0 saturated carbocycles. The fraction of sp³-hybridized carbons (Fsp3) is 0.529. The van der Waals surface area contributed by atoms with E-state index in [0.29, 0.717) is 41.3 Å². The van der Waals surface area contributed by atoms with E-state index >= 15 is 0 Å². The van der Waals surface area contributed by atoms with E-state index in [0.717, 1.165) is 18.2 Å². The maximum Gasteiger partial charge on any atom is 0.183 e. The lowest BCUT2D eigenvalue weighted by molar-refractivity contribution is 0.0879. The van der Waals surface area contributed by atoms with E-state index < -0.39 is 0 Å².